The number of aryl methyl sites for hydroxylation is 1. The first kappa shape index (κ1) is 40.6. The van der Waals surface area contributed by atoms with Gasteiger partial charge in [-0.1, -0.05) is 152 Å². The third-order valence-corrected chi connectivity index (χ3v) is 8.11. The summed E-state index contributed by atoms with van der Waals surface area (Å²) in [4.78, 5) is 11.6. The number of phosphoric acid groups is 1. The number of sulfonamides is 1. The van der Waals surface area contributed by atoms with Crippen molar-refractivity contribution in [3.8, 4) is 11.5 Å². The quantitative estimate of drug-likeness (QED) is 0.111. The molecule has 8 nitrogen and oxygen atoms in total. The Labute approximate surface area is 297 Å². The van der Waals surface area contributed by atoms with Crippen LogP contribution in [0.5, 0.6) is 11.5 Å². The molecular formula is C37H41N2O6PRuS+. The number of para-hydroxylation sites is 2. The van der Waals surface area contributed by atoms with Gasteiger partial charge in [-0.3, -0.25) is 0 Å². The van der Waals surface area contributed by atoms with Gasteiger partial charge in [-0.25, -0.2) is 13.0 Å². The molecule has 0 heterocycles. The molecule has 0 amide bonds. The number of phosphoric ester groups is 1. The van der Waals surface area contributed by atoms with Gasteiger partial charge in [0.2, 0.25) is 0 Å². The van der Waals surface area contributed by atoms with E-state index < -0.39 is 29.9 Å². The predicted octanol–water partition coefficient (Wildman–Crippen LogP) is 8.49. The smallest absolute Gasteiger partial charge is 0.736 e. The van der Waals surface area contributed by atoms with Crippen LogP contribution in [0.3, 0.4) is 0 Å². The molecule has 0 bridgehead atoms. The zero-order valence-electron chi connectivity index (χ0n) is 27.3. The third kappa shape index (κ3) is 15.1. The summed E-state index contributed by atoms with van der Waals surface area (Å²) in [5, 5.41) is 0. The molecule has 5 rings (SSSR count). The average Bonchev–Trinajstić information content (AvgIpc) is 3.05. The van der Waals surface area contributed by atoms with Crippen LogP contribution in [0.4, 0.5) is 0 Å². The number of rotatable bonds is 10. The van der Waals surface area contributed by atoms with Crippen molar-refractivity contribution in [1.82, 2.24) is 0 Å². The molecule has 253 valence electrons. The Morgan fingerprint density at radius 1 is 0.646 bits per heavy atom. The molecule has 0 fully saturated rings. The Balaban J connectivity index is 0.000000260. The van der Waals surface area contributed by atoms with Gasteiger partial charge in [0.05, 0.1) is 10.0 Å². The summed E-state index contributed by atoms with van der Waals surface area (Å²) < 4.78 is 48.1. The maximum Gasteiger partial charge on any atom is 3.00 e. The van der Waals surface area contributed by atoms with E-state index in [1.807, 2.05) is 60.7 Å². The largest absolute Gasteiger partial charge is 3.00 e. The molecule has 5 aromatic carbocycles. The first-order valence-electron chi connectivity index (χ1n) is 15.0. The molecule has 2 unspecified atom stereocenters. The molecule has 5 aromatic rings. The standard InChI is InChI=1S/C15H17N2O2S.C12H11O4P.C10H14.Ru/c1-20(18,19)17-15(13-10-6-3-7-11-13)14(16)12-8-4-2-5-9-12;13-17(14,15-11-7-3-1-4-8-11)16-12-9-5-2-6-10-12;1-8(2)10-6-4-9(3)5-7-10;/h2-11,14-15H,16H2,1H3;1-10H,(H,13,14);4-8H,1-3H3;/q-1;;;+3/p-1. The van der Waals surface area contributed by atoms with Crippen LogP contribution in [0.25, 0.3) is 4.72 Å². The molecule has 2 N–H and O–H groups in total. The summed E-state index contributed by atoms with van der Waals surface area (Å²) in [5.41, 5.74) is 10.6. The Bertz CT molecular complexity index is 1720. The van der Waals surface area contributed by atoms with E-state index in [2.05, 4.69) is 49.8 Å². The Hall–Kier alpha value is -3.62. The Morgan fingerprint density at radius 3 is 1.40 bits per heavy atom. The summed E-state index contributed by atoms with van der Waals surface area (Å²) in [5.74, 6) is 1.10. The van der Waals surface area contributed by atoms with Gasteiger partial charge in [-0.2, -0.15) is 0 Å². The normalized spacial score (nSPS) is 12.1. The van der Waals surface area contributed by atoms with Gasteiger partial charge in [0, 0.05) is 12.3 Å². The second kappa shape index (κ2) is 20.0. The van der Waals surface area contributed by atoms with Gasteiger partial charge in [0.25, 0.3) is 0 Å². The number of hydrogen-bond acceptors (Lipinski definition) is 7. The second-order valence-corrected chi connectivity index (χ2v) is 13.9. The summed E-state index contributed by atoms with van der Waals surface area (Å²) >= 11 is 0. The monoisotopic (exact) mass is 774 g/mol. The van der Waals surface area contributed by atoms with E-state index in [9.17, 15) is 17.9 Å². The van der Waals surface area contributed by atoms with Crippen molar-refractivity contribution in [1.29, 1.82) is 0 Å². The molecule has 0 aliphatic heterocycles. The van der Waals surface area contributed by atoms with E-state index in [1.165, 1.54) is 11.1 Å². The Kier molecular flexibility index (Phi) is 16.9. The first-order chi connectivity index (χ1) is 22.3. The fraction of sp³-hybridized carbons (Fsp3) is 0.189. The SMILES string of the molecule is CS(=O)(=O)[N-]C(c1ccccc1)C(N)c1ccccc1.Cc1ccc(C(C)C)cc1.O=P([O-])(Oc1ccccc1)Oc1ccccc1.[Ru+3]. The van der Waals surface area contributed by atoms with E-state index in [0.29, 0.717) is 5.92 Å². The molecule has 0 aliphatic carbocycles. The van der Waals surface area contributed by atoms with Crippen molar-refractivity contribution < 1.29 is 46.4 Å². The van der Waals surface area contributed by atoms with Gasteiger partial charge in [0.1, 0.15) is 11.5 Å². The number of benzene rings is 5. The summed E-state index contributed by atoms with van der Waals surface area (Å²) in [6, 6.07) is 42.6. The number of nitrogens with two attached hydrogens (primary N) is 1. The van der Waals surface area contributed by atoms with E-state index in [0.717, 1.165) is 17.4 Å². The molecule has 0 spiro atoms. The Morgan fingerprint density at radius 2 is 1.02 bits per heavy atom. The minimum absolute atomic E-state index is 0. The predicted molar refractivity (Wildman–Crippen MR) is 188 cm³/mol. The van der Waals surface area contributed by atoms with Crippen LogP contribution in [-0.4, -0.2) is 14.7 Å². The van der Waals surface area contributed by atoms with Gasteiger partial charge in [-0.15, -0.1) is 0 Å². The molecule has 0 aromatic heterocycles. The fourth-order valence-electron chi connectivity index (χ4n) is 4.24. The van der Waals surface area contributed by atoms with Gasteiger partial charge in [0.15, 0.2) is 0 Å². The molecule has 2 atom stereocenters. The van der Waals surface area contributed by atoms with Crippen molar-refractivity contribution in [3.63, 3.8) is 0 Å². The fourth-order valence-corrected chi connectivity index (χ4v) is 5.70. The molecular weight excluding hydrogens is 733 g/mol. The zero-order valence-corrected chi connectivity index (χ0v) is 30.7. The zero-order chi connectivity index (χ0) is 34.3. The van der Waals surface area contributed by atoms with Crippen LogP contribution >= 0.6 is 7.82 Å². The van der Waals surface area contributed by atoms with Gasteiger partial charge < -0.3 is 24.4 Å². The second-order valence-electron chi connectivity index (χ2n) is 11.0. The molecule has 0 saturated carbocycles. The van der Waals surface area contributed by atoms with Crippen LogP contribution < -0.4 is 19.7 Å². The van der Waals surface area contributed by atoms with Gasteiger partial charge in [-0.05, 0) is 48.2 Å². The van der Waals surface area contributed by atoms with Crippen LogP contribution in [0.15, 0.2) is 146 Å². The number of hydrogen-bond donors (Lipinski definition) is 1. The van der Waals surface area contributed by atoms with Crippen LogP contribution in [0.1, 0.15) is 54.1 Å². The summed E-state index contributed by atoms with van der Waals surface area (Å²) in [6.45, 7) is 6.54. The van der Waals surface area contributed by atoms with Gasteiger partial charge >= 0.3 is 27.3 Å². The molecule has 1 radical (unpaired) electrons. The van der Waals surface area contributed by atoms with E-state index in [-0.39, 0.29) is 31.0 Å². The van der Waals surface area contributed by atoms with E-state index >= 15 is 0 Å². The molecule has 11 heteroatoms. The minimum atomic E-state index is -4.39. The number of nitrogens with zero attached hydrogens (tertiary/aromatic N) is 1. The van der Waals surface area contributed by atoms with Crippen LogP contribution in [0.2, 0.25) is 0 Å². The van der Waals surface area contributed by atoms with E-state index in [4.69, 9.17) is 14.8 Å². The molecule has 48 heavy (non-hydrogen) atoms. The maximum absolute atomic E-state index is 11.6. The first-order valence-corrected chi connectivity index (χ1v) is 18.3. The van der Waals surface area contributed by atoms with E-state index in [1.54, 1.807) is 60.7 Å². The summed E-state index contributed by atoms with van der Waals surface area (Å²) in [6.07, 6.45) is 1.08. The van der Waals surface area contributed by atoms with Crippen molar-refractivity contribution in [2.24, 2.45) is 5.73 Å². The summed E-state index contributed by atoms with van der Waals surface area (Å²) in [7, 11) is -7.87. The maximum atomic E-state index is 11.6. The average molecular weight is 774 g/mol. The van der Waals surface area contributed by atoms with Crippen molar-refractivity contribution in [2.45, 2.75) is 38.8 Å². The van der Waals surface area contributed by atoms with Crippen molar-refractivity contribution >= 4 is 17.8 Å². The molecule has 0 saturated heterocycles. The topological polar surface area (TPSA) is 133 Å². The van der Waals surface area contributed by atoms with Crippen molar-refractivity contribution in [3.05, 3.63) is 173 Å². The van der Waals surface area contributed by atoms with Crippen LogP contribution in [0, 0.1) is 6.92 Å². The van der Waals surface area contributed by atoms with Crippen LogP contribution in [-0.2, 0) is 34.1 Å². The molecule has 0 aliphatic rings. The third-order valence-electron chi connectivity index (χ3n) is 6.64. The minimum Gasteiger partial charge on any atom is -0.736 e. The van der Waals surface area contributed by atoms with Crippen molar-refractivity contribution in [2.75, 3.05) is 6.26 Å².